The van der Waals surface area contributed by atoms with Gasteiger partial charge in [-0.1, -0.05) is 19.8 Å². The van der Waals surface area contributed by atoms with Crippen molar-refractivity contribution in [2.24, 2.45) is 11.1 Å². The van der Waals surface area contributed by atoms with Crippen LogP contribution in [0.1, 0.15) is 39.0 Å². The van der Waals surface area contributed by atoms with Gasteiger partial charge in [0.25, 0.3) is 0 Å². The maximum absolute atomic E-state index is 11.1. The molecule has 0 amide bonds. The molecule has 2 N–H and O–H groups in total. The first kappa shape index (κ1) is 10.5. The van der Waals surface area contributed by atoms with E-state index in [9.17, 15) is 4.79 Å². The lowest BCUT2D eigenvalue weighted by molar-refractivity contribution is -0.143. The van der Waals surface area contributed by atoms with Gasteiger partial charge in [-0.2, -0.15) is 0 Å². The minimum atomic E-state index is -0.426. The second kappa shape index (κ2) is 4.09. The van der Waals surface area contributed by atoms with Crippen LogP contribution in [0, 0.1) is 5.41 Å². The predicted molar refractivity (Wildman–Crippen MR) is 51.2 cm³/mol. The number of esters is 1. The van der Waals surface area contributed by atoms with Crippen LogP contribution in [-0.4, -0.2) is 19.1 Å². The SMILES string of the molecule is CCC1(CC(N)C(=O)OC)CCC1. The van der Waals surface area contributed by atoms with Gasteiger partial charge in [0.15, 0.2) is 0 Å². The molecule has 3 nitrogen and oxygen atoms in total. The number of hydrogen-bond donors (Lipinski definition) is 1. The van der Waals surface area contributed by atoms with Crippen LogP contribution < -0.4 is 5.73 Å². The maximum Gasteiger partial charge on any atom is 0.322 e. The second-order valence-corrected chi connectivity index (χ2v) is 4.04. The molecule has 13 heavy (non-hydrogen) atoms. The molecule has 0 spiro atoms. The Morgan fingerprint density at radius 1 is 1.62 bits per heavy atom. The van der Waals surface area contributed by atoms with Crippen molar-refractivity contribution in [1.29, 1.82) is 0 Å². The molecule has 0 aromatic heterocycles. The molecule has 1 aliphatic carbocycles. The van der Waals surface area contributed by atoms with Crippen LogP contribution >= 0.6 is 0 Å². The van der Waals surface area contributed by atoms with Crippen LogP contribution in [0.4, 0.5) is 0 Å². The van der Waals surface area contributed by atoms with E-state index in [1.165, 1.54) is 26.4 Å². The lowest BCUT2D eigenvalue weighted by Crippen LogP contribution is -2.41. The quantitative estimate of drug-likeness (QED) is 0.674. The highest BCUT2D eigenvalue weighted by molar-refractivity contribution is 5.75. The summed E-state index contributed by atoms with van der Waals surface area (Å²) in [5.41, 5.74) is 6.07. The average Bonchev–Trinajstić information content (AvgIpc) is 2.09. The summed E-state index contributed by atoms with van der Waals surface area (Å²) in [4.78, 5) is 11.1. The zero-order chi connectivity index (χ0) is 9.90. The van der Waals surface area contributed by atoms with Gasteiger partial charge in [-0.25, -0.2) is 0 Å². The van der Waals surface area contributed by atoms with Gasteiger partial charge in [0.05, 0.1) is 7.11 Å². The highest BCUT2D eigenvalue weighted by Gasteiger charge is 2.38. The number of carbonyl (C=O) groups is 1. The topological polar surface area (TPSA) is 52.3 Å². The minimum absolute atomic E-state index is 0.278. The molecule has 0 radical (unpaired) electrons. The van der Waals surface area contributed by atoms with Crippen LogP contribution in [0.15, 0.2) is 0 Å². The van der Waals surface area contributed by atoms with Crippen molar-refractivity contribution in [2.75, 3.05) is 7.11 Å². The minimum Gasteiger partial charge on any atom is -0.468 e. The number of rotatable bonds is 4. The number of methoxy groups -OCH3 is 1. The van der Waals surface area contributed by atoms with E-state index in [2.05, 4.69) is 11.7 Å². The van der Waals surface area contributed by atoms with Crippen LogP contribution in [-0.2, 0) is 9.53 Å². The Morgan fingerprint density at radius 2 is 2.23 bits per heavy atom. The summed E-state index contributed by atoms with van der Waals surface area (Å²) < 4.78 is 4.61. The summed E-state index contributed by atoms with van der Waals surface area (Å²) in [6, 6.07) is -0.426. The Hall–Kier alpha value is -0.570. The van der Waals surface area contributed by atoms with E-state index >= 15 is 0 Å². The van der Waals surface area contributed by atoms with E-state index in [1.807, 2.05) is 0 Å². The number of ether oxygens (including phenoxy) is 1. The van der Waals surface area contributed by atoms with Gasteiger partial charge in [0.2, 0.25) is 0 Å². The number of nitrogens with two attached hydrogens (primary N) is 1. The number of carbonyl (C=O) groups excluding carboxylic acids is 1. The van der Waals surface area contributed by atoms with Crippen molar-refractivity contribution >= 4 is 5.97 Å². The third-order valence-corrected chi connectivity index (χ3v) is 3.32. The summed E-state index contributed by atoms with van der Waals surface area (Å²) in [5, 5.41) is 0. The molecule has 0 bridgehead atoms. The van der Waals surface area contributed by atoms with Crippen molar-refractivity contribution in [3.05, 3.63) is 0 Å². The van der Waals surface area contributed by atoms with E-state index in [0.29, 0.717) is 5.41 Å². The Labute approximate surface area is 79.6 Å². The molecular weight excluding hydrogens is 166 g/mol. The summed E-state index contributed by atoms with van der Waals surface area (Å²) in [5.74, 6) is -0.278. The molecule has 1 unspecified atom stereocenters. The molecule has 1 fully saturated rings. The molecule has 0 aliphatic heterocycles. The van der Waals surface area contributed by atoms with Gasteiger partial charge in [0, 0.05) is 0 Å². The third-order valence-electron chi connectivity index (χ3n) is 3.32. The average molecular weight is 185 g/mol. The van der Waals surface area contributed by atoms with Gasteiger partial charge in [0.1, 0.15) is 6.04 Å². The molecular formula is C10H19NO2. The van der Waals surface area contributed by atoms with Crippen molar-refractivity contribution < 1.29 is 9.53 Å². The predicted octanol–water partition coefficient (Wildman–Crippen LogP) is 1.46. The van der Waals surface area contributed by atoms with Gasteiger partial charge in [-0.3, -0.25) is 4.79 Å². The molecule has 1 atom stereocenters. The number of hydrogen-bond acceptors (Lipinski definition) is 3. The highest BCUT2D eigenvalue weighted by atomic mass is 16.5. The lowest BCUT2D eigenvalue weighted by Gasteiger charge is -2.42. The van der Waals surface area contributed by atoms with Crippen molar-refractivity contribution in [2.45, 2.75) is 45.1 Å². The molecule has 0 saturated heterocycles. The first-order valence-corrected chi connectivity index (χ1v) is 4.97. The van der Waals surface area contributed by atoms with Gasteiger partial charge >= 0.3 is 5.97 Å². The van der Waals surface area contributed by atoms with E-state index in [-0.39, 0.29) is 5.97 Å². The molecule has 1 saturated carbocycles. The van der Waals surface area contributed by atoms with Gasteiger partial charge in [-0.05, 0) is 24.7 Å². The normalized spacial score (nSPS) is 21.8. The fourth-order valence-electron chi connectivity index (χ4n) is 2.08. The van der Waals surface area contributed by atoms with E-state index in [0.717, 1.165) is 12.8 Å². The monoisotopic (exact) mass is 185 g/mol. The lowest BCUT2D eigenvalue weighted by atomic mass is 9.64. The van der Waals surface area contributed by atoms with Crippen molar-refractivity contribution in [3.63, 3.8) is 0 Å². The molecule has 0 aromatic carbocycles. The summed E-state index contributed by atoms with van der Waals surface area (Å²) in [7, 11) is 1.39. The van der Waals surface area contributed by atoms with Crippen molar-refractivity contribution in [1.82, 2.24) is 0 Å². The molecule has 1 aliphatic rings. The summed E-state index contributed by atoms with van der Waals surface area (Å²) in [6.07, 6.45) is 5.62. The fourth-order valence-corrected chi connectivity index (χ4v) is 2.08. The Bertz CT molecular complexity index is 182. The molecule has 0 heterocycles. The first-order chi connectivity index (χ1) is 6.13. The van der Waals surface area contributed by atoms with E-state index in [4.69, 9.17) is 5.73 Å². The van der Waals surface area contributed by atoms with Crippen LogP contribution in [0.25, 0.3) is 0 Å². The molecule has 76 valence electrons. The highest BCUT2D eigenvalue weighted by Crippen LogP contribution is 2.47. The standard InChI is InChI=1S/C10H19NO2/c1-3-10(5-4-6-10)7-8(11)9(12)13-2/h8H,3-7,11H2,1-2H3. The van der Waals surface area contributed by atoms with Crippen molar-refractivity contribution in [3.8, 4) is 0 Å². The maximum atomic E-state index is 11.1. The Kier molecular flexibility index (Phi) is 3.31. The van der Waals surface area contributed by atoms with Crippen LogP contribution in [0.3, 0.4) is 0 Å². The Balaban J connectivity index is 2.42. The largest absolute Gasteiger partial charge is 0.468 e. The van der Waals surface area contributed by atoms with E-state index in [1.54, 1.807) is 0 Å². The van der Waals surface area contributed by atoms with Crippen LogP contribution in [0.2, 0.25) is 0 Å². The first-order valence-electron chi connectivity index (χ1n) is 4.97. The zero-order valence-electron chi connectivity index (χ0n) is 8.51. The smallest absolute Gasteiger partial charge is 0.322 e. The fraction of sp³-hybridized carbons (Fsp3) is 0.900. The molecule has 1 rings (SSSR count). The molecule has 0 aromatic rings. The van der Waals surface area contributed by atoms with Gasteiger partial charge < -0.3 is 10.5 Å². The zero-order valence-corrected chi connectivity index (χ0v) is 8.51. The third kappa shape index (κ3) is 2.21. The summed E-state index contributed by atoms with van der Waals surface area (Å²) >= 11 is 0. The second-order valence-electron chi connectivity index (χ2n) is 4.04. The Morgan fingerprint density at radius 3 is 2.54 bits per heavy atom. The molecule has 3 heteroatoms. The summed E-state index contributed by atoms with van der Waals surface area (Å²) in [6.45, 7) is 2.17. The van der Waals surface area contributed by atoms with Crippen LogP contribution in [0.5, 0.6) is 0 Å². The van der Waals surface area contributed by atoms with E-state index < -0.39 is 6.04 Å². The van der Waals surface area contributed by atoms with Gasteiger partial charge in [-0.15, -0.1) is 0 Å².